The standard InChI is InChI=1S/C4H7N3O2/c5-4(9)7-3(8)1-2-6-7/h2-3,8H,1H2,(H2,5,9). The van der Waals surface area contributed by atoms with E-state index < -0.39 is 12.3 Å². The number of hydrogen-bond donors (Lipinski definition) is 2. The molecule has 1 rings (SSSR count). The largest absolute Gasteiger partial charge is 0.371 e. The van der Waals surface area contributed by atoms with Crippen LogP contribution in [0.15, 0.2) is 5.10 Å². The summed E-state index contributed by atoms with van der Waals surface area (Å²) < 4.78 is 0. The first-order valence-electron chi connectivity index (χ1n) is 2.51. The lowest BCUT2D eigenvalue weighted by Gasteiger charge is -2.12. The van der Waals surface area contributed by atoms with Gasteiger partial charge in [-0.2, -0.15) is 10.1 Å². The lowest BCUT2D eigenvalue weighted by Crippen LogP contribution is -2.36. The van der Waals surface area contributed by atoms with Gasteiger partial charge in [-0.25, -0.2) is 4.79 Å². The van der Waals surface area contributed by atoms with E-state index in [0.29, 0.717) is 6.42 Å². The predicted molar refractivity (Wildman–Crippen MR) is 30.5 cm³/mol. The summed E-state index contributed by atoms with van der Waals surface area (Å²) in [5.74, 6) is 0. The van der Waals surface area contributed by atoms with Gasteiger partial charge in [0.15, 0.2) is 6.23 Å². The molecule has 0 spiro atoms. The van der Waals surface area contributed by atoms with E-state index in [1.807, 2.05) is 0 Å². The summed E-state index contributed by atoms with van der Waals surface area (Å²) >= 11 is 0. The van der Waals surface area contributed by atoms with Crippen molar-refractivity contribution in [3.63, 3.8) is 0 Å². The van der Waals surface area contributed by atoms with Crippen LogP contribution in [0.2, 0.25) is 0 Å². The van der Waals surface area contributed by atoms with Crippen LogP contribution in [0, 0.1) is 0 Å². The molecule has 0 aromatic heterocycles. The van der Waals surface area contributed by atoms with E-state index in [1.165, 1.54) is 6.21 Å². The van der Waals surface area contributed by atoms with E-state index in [4.69, 9.17) is 10.8 Å². The van der Waals surface area contributed by atoms with Crippen molar-refractivity contribution in [3.05, 3.63) is 0 Å². The zero-order valence-corrected chi connectivity index (χ0v) is 4.69. The number of hydrogen-bond acceptors (Lipinski definition) is 3. The van der Waals surface area contributed by atoms with Crippen LogP contribution >= 0.6 is 0 Å². The summed E-state index contributed by atoms with van der Waals surface area (Å²) in [4.78, 5) is 10.3. The van der Waals surface area contributed by atoms with Gasteiger partial charge in [-0.15, -0.1) is 0 Å². The number of nitrogens with zero attached hydrogens (tertiary/aromatic N) is 2. The fourth-order valence-electron chi connectivity index (χ4n) is 0.610. The highest BCUT2D eigenvalue weighted by Crippen LogP contribution is 2.05. The van der Waals surface area contributed by atoms with Crippen molar-refractivity contribution in [3.8, 4) is 0 Å². The molecule has 0 saturated carbocycles. The number of carbonyl (C=O) groups excluding carboxylic acids is 1. The SMILES string of the molecule is NC(=O)N1N=CCC1O. The normalized spacial score (nSPS) is 25.0. The molecule has 1 atom stereocenters. The smallest absolute Gasteiger partial charge is 0.337 e. The number of aliphatic hydroxyl groups is 1. The minimum absolute atomic E-state index is 0.364. The molecule has 2 amide bonds. The van der Waals surface area contributed by atoms with E-state index in [-0.39, 0.29) is 0 Å². The van der Waals surface area contributed by atoms with Crippen molar-refractivity contribution in [2.24, 2.45) is 10.8 Å². The molecule has 1 heterocycles. The van der Waals surface area contributed by atoms with Crippen molar-refractivity contribution in [1.29, 1.82) is 0 Å². The van der Waals surface area contributed by atoms with Crippen LogP contribution in [0.1, 0.15) is 6.42 Å². The zero-order valence-electron chi connectivity index (χ0n) is 4.69. The van der Waals surface area contributed by atoms with Crippen LogP contribution < -0.4 is 5.73 Å². The first kappa shape index (κ1) is 6.03. The van der Waals surface area contributed by atoms with Crippen LogP contribution in [0.5, 0.6) is 0 Å². The van der Waals surface area contributed by atoms with Crippen LogP contribution in [0.4, 0.5) is 4.79 Å². The highest BCUT2D eigenvalue weighted by molar-refractivity contribution is 5.75. The molecule has 50 valence electrons. The van der Waals surface area contributed by atoms with Gasteiger partial charge in [0.25, 0.3) is 0 Å². The van der Waals surface area contributed by atoms with E-state index in [9.17, 15) is 4.79 Å². The van der Waals surface area contributed by atoms with Crippen molar-refractivity contribution in [2.75, 3.05) is 0 Å². The Labute approximate surface area is 51.7 Å². The molecule has 5 heteroatoms. The summed E-state index contributed by atoms with van der Waals surface area (Å²) in [6, 6.07) is -0.726. The number of carbonyl (C=O) groups is 1. The van der Waals surface area contributed by atoms with Crippen molar-refractivity contribution in [1.82, 2.24) is 5.01 Å². The monoisotopic (exact) mass is 129 g/mol. The highest BCUT2D eigenvalue weighted by atomic mass is 16.3. The van der Waals surface area contributed by atoms with Crippen molar-refractivity contribution < 1.29 is 9.90 Å². The van der Waals surface area contributed by atoms with Gasteiger partial charge in [0, 0.05) is 12.6 Å². The quantitative estimate of drug-likeness (QED) is 0.443. The molecule has 0 fully saturated rings. The Bertz CT molecular complexity index is 156. The second kappa shape index (κ2) is 2.02. The van der Waals surface area contributed by atoms with E-state index in [1.54, 1.807) is 0 Å². The molecule has 0 aromatic rings. The second-order valence-corrected chi connectivity index (χ2v) is 1.70. The number of primary amides is 1. The molecular weight excluding hydrogens is 122 g/mol. The summed E-state index contributed by atoms with van der Waals surface area (Å²) in [5, 5.41) is 13.2. The van der Waals surface area contributed by atoms with E-state index >= 15 is 0 Å². The van der Waals surface area contributed by atoms with Crippen LogP contribution in [-0.4, -0.2) is 28.6 Å². The molecule has 0 saturated heterocycles. The number of aliphatic hydroxyl groups excluding tert-OH is 1. The summed E-state index contributed by atoms with van der Waals surface area (Å²) in [7, 11) is 0. The number of amides is 2. The maximum atomic E-state index is 10.3. The lowest BCUT2D eigenvalue weighted by atomic mass is 10.4. The molecule has 0 radical (unpaired) electrons. The van der Waals surface area contributed by atoms with E-state index in [2.05, 4.69) is 5.10 Å². The number of nitrogens with two attached hydrogens (primary N) is 1. The molecule has 1 aliphatic heterocycles. The average Bonchev–Trinajstić information content (AvgIpc) is 2.13. The molecule has 5 nitrogen and oxygen atoms in total. The number of rotatable bonds is 0. The minimum Gasteiger partial charge on any atom is -0.371 e. The Kier molecular flexibility index (Phi) is 1.35. The van der Waals surface area contributed by atoms with Gasteiger partial charge in [0.1, 0.15) is 0 Å². The Hall–Kier alpha value is -1.10. The van der Waals surface area contributed by atoms with Crippen LogP contribution in [0.3, 0.4) is 0 Å². The Morgan fingerprint density at radius 2 is 2.67 bits per heavy atom. The topological polar surface area (TPSA) is 78.9 Å². The average molecular weight is 129 g/mol. The third kappa shape index (κ3) is 0.996. The third-order valence-electron chi connectivity index (χ3n) is 1.03. The number of hydrazone groups is 1. The molecular formula is C4H7N3O2. The fraction of sp³-hybridized carbons (Fsp3) is 0.500. The molecule has 0 aliphatic carbocycles. The summed E-state index contributed by atoms with van der Waals surface area (Å²) in [6.07, 6.45) is 0.945. The molecule has 3 N–H and O–H groups in total. The van der Waals surface area contributed by atoms with Crippen molar-refractivity contribution >= 4 is 12.2 Å². The van der Waals surface area contributed by atoms with Gasteiger partial charge in [-0.05, 0) is 0 Å². The van der Waals surface area contributed by atoms with Crippen LogP contribution in [0.25, 0.3) is 0 Å². The van der Waals surface area contributed by atoms with Gasteiger partial charge in [0.2, 0.25) is 0 Å². The molecule has 1 unspecified atom stereocenters. The molecule has 0 bridgehead atoms. The third-order valence-corrected chi connectivity index (χ3v) is 1.03. The predicted octanol–water partition coefficient (Wildman–Crippen LogP) is -0.925. The van der Waals surface area contributed by atoms with Gasteiger partial charge in [-0.1, -0.05) is 0 Å². The first-order valence-corrected chi connectivity index (χ1v) is 2.51. The lowest BCUT2D eigenvalue weighted by molar-refractivity contribution is 0.0545. The Balaban J connectivity index is 2.59. The van der Waals surface area contributed by atoms with Crippen LogP contribution in [-0.2, 0) is 0 Å². The summed E-state index contributed by atoms with van der Waals surface area (Å²) in [5.41, 5.74) is 4.80. The highest BCUT2D eigenvalue weighted by Gasteiger charge is 2.21. The van der Waals surface area contributed by atoms with Gasteiger partial charge < -0.3 is 10.8 Å². The molecule has 1 aliphatic rings. The minimum atomic E-state index is -0.859. The van der Waals surface area contributed by atoms with Crippen molar-refractivity contribution in [2.45, 2.75) is 12.6 Å². The zero-order chi connectivity index (χ0) is 6.85. The second-order valence-electron chi connectivity index (χ2n) is 1.70. The van der Waals surface area contributed by atoms with Gasteiger partial charge in [0.05, 0.1) is 0 Å². The van der Waals surface area contributed by atoms with E-state index in [0.717, 1.165) is 5.01 Å². The Morgan fingerprint density at radius 3 is 2.89 bits per heavy atom. The Morgan fingerprint density at radius 1 is 2.00 bits per heavy atom. The number of urea groups is 1. The fourth-order valence-corrected chi connectivity index (χ4v) is 0.610. The van der Waals surface area contributed by atoms with Gasteiger partial charge in [-0.3, -0.25) is 0 Å². The first-order chi connectivity index (χ1) is 4.22. The molecule has 0 aromatic carbocycles. The maximum absolute atomic E-state index is 10.3. The maximum Gasteiger partial charge on any atom is 0.337 e. The molecule has 9 heavy (non-hydrogen) atoms. The van der Waals surface area contributed by atoms with Gasteiger partial charge >= 0.3 is 6.03 Å². The summed E-state index contributed by atoms with van der Waals surface area (Å²) in [6.45, 7) is 0.